The Balaban J connectivity index is 2.86. The maximum atomic E-state index is 10.6. The SMILES string of the molecule is C=C(C)CN(CCC(=O)O)c1ccc([N+](=O)[O-])cn1. The molecule has 0 saturated heterocycles. The standard InChI is InChI=1S/C12H15N3O4/c1-9(2)8-14(6-5-12(16)17)11-4-3-10(7-13-11)15(18)19/h3-4,7H,1,5-6,8H2,2H3,(H,16,17). The van der Waals surface area contributed by atoms with Gasteiger partial charge in [0.1, 0.15) is 12.0 Å². The predicted octanol–water partition coefficient (Wildman–Crippen LogP) is 1.85. The second-order valence-corrected chi connectivity index (χ2v) is 4.15. The second kappa shape index (κ2) is 6.48. The minimum absolute atomic E-state index is 0.0358. The number of carboxylic acid groups (broad SMARTS) is 1. The normalized spacial score (nSPS) is 9.95. The van der Waals surface area contributed by atoms with E-state index in [0.717, 1.165) is 11.8 Å². The molecule has 0 fully saturated rings. The highest BCUT2D eigenvalue weighted by molar-refractivity contribution is 5.67. The summed E-state index contributed by atoms with van der Waals surface area (Å²) in [6, 6.07) is 2.84. The zero-order valence-corrected chi connectivity index (χ0v) is 10.6. The van der Waals surface area contributed by atoms with Crippen molar-refractivity contribution in [3.63, 3.8) is 0 Å². The molecule has 0 amide bonds. The summed E-state index contributed by atoms with van der Waals surface area (Å²) in [5.41, 5.74) is 0.753. The fourth-order valence-electron chi connectivity index (χ4n) is 1.50. The van der Waals surface area contributed by atoms with Gasteiger partial charge in [-0.1, -0.05) is 12.2 Å². The van der Waals surface area contributed by atoms with Crippen molar-refractivity contribution in [3.05, 3.63) is 40.6 Å². The van der Waals surface area contributed by atoms with Crippen LogP contribution in [0.15, 0.2) is 30.5 Å². The molecule has 19 heavy (non-hydrogen) atoms. The van der Waals surface area contributed by atoms with Crippen LogP contribution < -0.4 is 4.90 Å². The Morgan fingerprint density at radius 2 is 2.26 bits per heavy atom. The van der Waals surface area contributed by atoms with Gasteiger partial charge in [0.2, 0.25) is 0 Å². The molecule has 1 aromatic heterocycles. The summed E-state index contributed by atoms with van der Waals surface area (Å²) in [5.74, 6) is -0.413. The molecule has 0 bridgehead atoms. The number of hydrogen-bond donors (Lipinski definition) is 1. The van der Waals surface area contributed by atoms with Crippen molar-refractivity contribution >= 4 is 17.5 Å². The monoisotopic (exact) mass is 265 g/mol. The average Bonchev–Trinajstić information content (AvgIpc) is 2.34. The Morgan fingerprint density at radius 3 is 2.68 bits per heavy atom. The lowest BCUT2D eigenvalue weighted by Gasteiger charge is -2.22. The van der Waals surface area contributed by atoms with Gasteiger partial charge in [-0.2, -0.15) is 0 Å². The fourth-order valence-corrected chi connectivity index (χ4v) is 1.50. The Morgan fingerprint density at radius 1 is 1.58 bits per heavy atom. The van der Waals surface area contributed by atoms with Crippen LogP contribution >= 0.6 is 0 Å². The minimum atomic E-state index is -0.909. The number of aromatic nitrogens is 1. The van der Waals surface area contributed by atoms with E-state index in [1.165, 1.54) is 12.1 Å². The van der Waals surface area contributed by atoms with E-state index in [2.05, 4.69) is 11.6 Å². The van der Waals surface area contributed by atoms with Gasteiger partial charge in [0, 0.05) is 19.2 Å². The molecule has 1 N–H and O–H groups in total. The van der Waals surface area contributed by atoms with Gasteiger partial charge in [-0.3, -0.25) is 14.9 Å². The van der Waals surface area contributed by atoms with E-state index >= 15 is 0 Å². The van der Waals surface area contributed by atoms with Crippen molar-refractivity contribution in [1.82, 2.24) is 4.98 Å². The van der Waals surface area contributed by atoms with Crippen LogP contribution in [0.3, 0.4) is 0 Å². The van der Waals surface area contributed by atoms with Crippen LogP contribution in [0.5, 0.6) is 0 Å². The topological polar surface area (TPSA) is 96.6 Å². The van der Waals surface area contributed by atoms with Gasteiger partial charge in [0.25, 0.3) is 5.69 Å². The van der Waals surface area contributed by atoms with E-state index in [1.54, 1.807) is 4.90 Å². The van der Waals surface area contributed by atoms with E-state index < -0.39 is 10.9 Å². The first-order chi connectivity index (χ1) is 8.90. The number of carboxylic acids is 1. The Kier molecular flexibility index (Phi) is 4.99. The van der Waals surface area contributed by atoms with Gasteiger partial charge < -0.3 is 10.0 Å². The number of hydrogen-bond acceptors (Lipinski definition) is 5. The van der Waals surface area contributed by atoms with Crippen molar-refractivity contribution in [2.45, 2.75) is 13.3 Å². The molecule has 0 aromatic carbocycles. The quantitative estimate of drug-likeness (QED) is 0.459. The number of carbonyl (C=O) groups is 1. The molecule has 1 aromatic rings. The number of aliphatic carboxylic acids is 1. The zero-order chi connectivity index (χ0) is 14.4. The molecule has 7 heteroatoms. The Bertz CT molecular complexity index is 484. The summed E-state index contributed by atoms with van der Waals surface area (Å²) >= 11 is 0. The molecule has 0 aliphatic carbocycles. The zero-order valence-electron chi connectivity index (χ0n) is 10.6. The smallest absolute Gasteiger partial charge is 0.305 e. The molecule has 102 valence electrons. The Hall–Kier alpha value is -2.44. The van der Waals surface area contributed by atoms with Crippen molar-refractivity contribution in [2.24, 2.45) is 0 Å². The predicted molar refractivity (Wildman–Crippen MR) is 70.2 cm³/mol. The third-order valence-corrected chi connectivity index (χ3v) is 2.32. The van der Waals surface area contributed by atoms with Crippen LogP contribution in [0.25, 0.3) is 0 Å². The molecular weight excluding hydrogens is 250 g/mol. The van der Waals surface area contributed by atoms with Gasteiger partial charge >= 0.3 is 5.97 Å². The summed E-state index contributed by atoms with van der Waals surface area (Å²) in [6.45, 7) is 6.31. The second-order valence-electron chi connectivity index (χ2n) is 4.15. The lowest BCUT2D eigenvalue weighted by molar-refractivity contribution is -0.385. The van der Waals surface area contributed by atoms with Crippen LogP contribution in [-0.2, 0) is 4.79 Å². The molecule has 0 saturated carbocycles. The van der Waals surface area contributed by atoms with Gasteiger partial charge in [0.05, 0.1) is 11.3 Å². The maximum Gasteiger partial charge on any atom is 0.305 e. The number of anilines is 1. The highest BCUT2D eigenvalue weighted by Crippen LogP contribution is 2.16. The van der Waals surface area contributed by atoms with Crippen molar-refractivity contribution in [2.75, 3.05) is 18.0 Å². The first-order valence-electron chi connectivity index (χ1n) is 5.61. The summed E-state index contributed by atoms with van der Waals surface area (Å²) in [4.78, 5) is 26.3. The Labute approximate surface area is 110 Å². The third-order valence-electron chi connectivity index (χ3n) is 2.32. The molecule has 0 aliphatic rings. The van der Waals surface area contributed by atoms with E-state index in [-0.39, 0.29) is 18.7 Å². The number of nitrogens with zero attached hydrogens (tertiary/aromatic N) is 3. The first-order valence-corrected chi connectivity index (χ1v) is 5.61. The van der Waals surface area contributed by atoms with Crippen LogP contribution in [0.2, 0.25) is 0 Å². The summed E-state index contributed by atoms with van der Waals surface area (Å²) in [6.07, 6.45) is 1.12. The third kappa shape index (κ3) is 4.74. The van der Waals surface area contributed by atoms with E-state index in [0.29, 0.717) is 12.4 Å². The highest BCUT2D eigenvalue weighted by Gasteiger charge is 2.12. The minimum Gasteiger partial charge on any atom is -0.481 e. The summed E-state index contributed by atoms with van der Waals surface area (Å²) in [7, 11) is 0. The van der Waals surface area contributed by atoms with Crippen LogP contribution in [0, 0.1) is 10.1 Å². The van der Waals surface area contributed by atoms with Crippen LogP contribution in [0.4, 0.5) is 11.5 Å². The van der Waals surface area contributed by atoms with Gasteiger partial charge in [-0.05, 0) is 13.0 Å². The van der Waals surface area contributed by atoms with Crippen molar-refractivity contribution in [1.29, 1.82) is 0 Å². The molecular formula is C12H15N3O4. The van der Waals surface area contributed by atoms with E-state index in [9.17, 15) is 14.9 Å². The largest absolute Gasteiger partial charge is 0.481 e. The van der Waals surface area contributed by atoms with E-state index in [1.807, 2.05) is 6.92 Å². The van der Waals surface area contributed by atoms with E-state index in [4.69, 9.17) is 5.11 Å². The van der Waals surface area contributed by atoms with Crippen molar-refractivity contribution in [3.8, 4) is 0 Å². The molecule has 1 heterocycles. The highest BCUT2D eigenvalue weighted by atomic mass is 16.6. The molecule has 7 nitrogen and oxygen atoms in total. The lowest BCUT2D eigenvalue weighted by atomic mass is 10.2. The van der Waals surface area contributed by atoms with Crippen LogP contribution in [-0.4, -0.2) is 34.1 Å². The van der Waals surface area contributed by atoms with Gasteiger partial charge in [0.15, 0.2) is 0 Å². The summed E-state index contributed by atoms with van der Waals surface area (Å²) in [5, 5.41) is 19.2. The number of rotatable bonds is 7. The van der Waals surface area contributed by atoms with Gasteiger partial charge in [-0.15, -0.1) is 0 Å². The molecule has 0 unspecified atom stereocenters. The average molecular weight is 265 g/mol. The molecule has 1 rings (SSSR count). The number of nitro groups is 1. The van der Waals surface area contributed by atoms with Crippen molar-refractivity contribution < 1.29 is 14.8 Å². The molecule has 0 spiro atoms. The lowest BCUT2D eigenvalue weighted by Crippen LogP contribution is -2.28. The summed E-state index contributed by atoms with van der Waals surface area (Å²) < 4.78 is 0. The molecule has 0 radical (unpaired) electrons. The fraction of sp³-hybridized carbons (Fsp3) is 0.333. The van der Waals surface area contributed by atoms with Crippen LogP contribution in [0.1, 0.15) is 13.3 Å². The van der Waals surface area contributed by atoms with Gasteiger partial charge in [-0.25, -0.2) is 4.98 Å². The number of pyridine rings is 1. The molecule has 0 aliphatic heterocycles. The first kappa shape index (κ1) is 14.6. The molecule has 0 atom stereocenters. The maximum absolute atomic E-state index is 10.6.